The number of hydrogen-bond donors (Lipinski definition) is 5. The Morgan fingerprint density at radius 1 is 0.708 bits per heavy atom. The maximum atomic E-state index is 13.0. The van der Waals surface area contributed by atoms with Crippen molar-refractivity contribution in [3.05, 3.63) is 59.7 Å². The zero-order chi connectivity index (χ0) is 35.5. The quantitative estimate of drug-likeness (QED) is 0.103. The van der Waals surface area contributed by atoms with E-state index in [1.807, 2.05) is 36.4 Å². The molecule has 0 aromatic heterocycles. The van der Waals surface area contributed by atoms with Gasteiger partial charge in [0.2, 0.25) is 5.91 Å². The first-order chi connectivity index (χ1) is 22.5. The normalized spacial score (nSPS) is 13.6. The Morgan fingerprint density at radius 2 is 1.17 bits per heavy atom. The summed E-state index contributed by atoms with van der Waals surface area (Å²) in [6.45, 7) is 10.3. The van der Waals surface area contributed by atoms with E-state index in [9.17, 15) is 29.1 Å². The number of fused-ring (bicyclic) bond motifs is 3. The standard InChI is InChI=1S/C33H44N4O9S2/c1-32(2,3)45-30(42)36-25(18-47-48-19-26(28(39)40)37-31(43)46-33(4,5)6)27(38)34-15-16-35-29(41)44-17-24-22-13-9-7-11-20(22)21-12-8-10-14-23(21)24/h7-14,24-26H,15-19H2,1-6H3,(H,34,38)(H,35,41)(H,36,42)(H,37,43)(H,39,40)/t25-,26-/m0/s1. The average Bonchev–Trinajstić information content (AvgIpc) is 3.30. The Labute approximate surface area is 288 Å². The molecule has 0 aliphatic heterocycles. The van der Waals surface area contributed by atoms with E-state index in [1.54, 1.807) is 41.5 Å². The van der Waals surface area contributed by atoms with Crippen LogP contribution < -0.4 is 21.3 Å². The first kappa shape index (κ1) is 38.3. The molecule has 0 bridgehead atoms. The lowest BCUT2D eigenvalue weighted by atomic mass is 9.98. The molecular formula is C33H44N4O9S2. The number of carboxylic acid groups (broad SMARTS) is 1. The molecular weight excluding hydrogens is 661 g/mol. The van der Waals surface area contributed by atoms with Crippen LogP contribution in [0.4, 0.5) is 14.4 Å². The Morgan fingerprint density at radius 3 is 1.67 bits per heavy atom. The van der Waals surface area contributed by atoms with Crippen LogP contribution in [0.3, 0.4) is 0 Å². The second-order valence-corrected chi connectivity index (χ2v) is 15.4. The van der Waals surface area contributed by atoms with Crippen LogP contribution in [0.15, 0.2) is 48.5 Å². The predicted molar refractivity (Wildman–Crippen MR) is 185 cm³/mol. The number of amides is 4. The topological polar surface area (TPSA) is 181 Å². The molecule has 4 amide bonds. The molecule has 2 aromatic rings. The molecule has 1 aliphatic carbocycles. The maximum absolute atomic E-state index is 13.0. The minimum absolute atomic E-state index is 0.0376. The summed E-state index contributed by atoms with van der Waals surface area (Å²) < 4.78 is 15.9. The van der Waals surface area contributed by atoms with Gasteiger partial charge in [-0.3, -0.25) is 4.79 Å². The van der Waals surface area contributed by atoms with E-state index in [2.05, 4.69) is 33.4 Å². The van der Waals surface area contributed by atoms with E-state index in [4.69, 9.17) is 14.2 Å². The number of hydrogen-bond acceptors (Lipinski definition) is 10. The van der Waals surface area contributed by atoms with Crippen LogP contribution in [0.5, 0.6) is 0 Å². The number of carbonyl (C=O) groups excluding carboxylic acids is 4. The molecule has 0 saturated carbocycles. The molecule has 0 saturated heterocycles. The summed E-state index contributed by atoms with van der Waals surface area (Å²) in [5.41, 5.74) is 2.83. The van der Waals surface area contributed by atoms with Gasteiger partial charge in [-0.2, -0.15) is 0 Å². The highest BCUT2D eigenvalue weighted by Crippen LogP contribution is 2.44. The second kappa shape index (κ2) is 17.3. The van der Waals surface area contributed by atoms with Crippen LogP contribution in [-0.2, 0) is 23.8 Å². The SMILES string of the molecule is CC(C)(C)OC(=O)N[C@@H](CSSC[C@H](NC(=O)OC(C)(C)C)C(=O)NCCNC(=O)OCC1c2ccccc2-c2ccccc21)C(=O)O. The minimum atomic E-state index is -1.25. The van der Waals surface area contributed by atoms with Crippen molar-refractivity contribution in [1.82, 2.24) is 21.3 Å². The number of carboxylic acids is 1. The lowest BCUT2D eigenvalue weighted by Crippen LogP contribution is -2.50. The van der Waals surface area contributed by atoms with Gasteiger partial charge in [0.05, 0.1) is 0 Å². The van der Waals surface area contributed by atoms with Crippen molar-refractivity contribution < 1.29 is 43.3 Å². The minimum Gasteiger partial charge on any atom is -0.480 e. The van der Waals surface area contributed by atoms with Crippen LogP contribution in [-0.4, -0.2) is 89.8 Å². The van der Waals surface area contributed by atoms with Crippen LogP contribution in [0.2, 0.25) is 0 Å². The summed E-state index contributed by atoms with van der Waals surface area (Å²) in [7, 11) is 2.22. The van der Waals surface area contributed by atoms with Gasteiger partial charge in [0, 0.05) is 30.5 Å². The van der Waals surface area contributed by atoms with Crippen LogP contribution in [0, 0.1) is 0 Å². The van der Waals surface area contributed by atoms with Gasteiger partial charge in [0.1, 0.15) is 29.9 Å². The number of aliphatic carboxylic acids is 1. The van der Waals surface area contributed by atoms with Crippen molar-refractivity contribution in [1.29, 1.82) is 0 Å². The van der Waals surface area contributed by atoms with Crippen LogP contribution in [0.1, 0.15) is 58.6 Å². The summed E-state index contributed by atoms with van der Waals surface area (Å²) in [6.07, 6.45) is -2.30. The van der Waals surface area contributed by atoms with Gasteiger partial charge in [-0.25, -0.2) is 19.2 Å². The van der Waals surface area contributed by atoms with Crippen molar-refractivity contribution in [2.45, 2.75) is 70.7 Å². The van der Waals surface area contributed by atoms with Crippen LogP contribution in [0.25, 0.3) is 11.1 Å². The molecule has 13 nitrogen and oxygen atoms in total. The fourth-order valence-electron chi connectivity index (χ4n) is 4.61. The Balaban J connectivity index is 1.47. The zero-order valence-corrected chi connectivity index (χ0v) is 29.5. The predicted octanol–water partition coefficient (Wildman–Crippen LogP) is 4.89. The Hall–Kier alpha value is -4.11. The fraction of sp³-hybridized carbons (Fsp3) is 0.485. The molecule has 3 rings (SSSR count). The van der Waals surface area contributed by atoms with Crippen molar-refractivity contribution in [2.24, 2.45) is 0 Å². The first-order valence-corrected chi connectivity index (χ1v) is 17.9. The number of carbonyl (C=O) groups is 5. The van der Waals surface area contributed by atoms with Gasteiger partial charge in [-0.15, -0.1) is 0 Å². The van der Waals surface area contributed by atoms with Gasteiger partial charge >= 0.3 is 24.2 Å². The summed E-state index contributed by atoms with van der Waals surface area (Å²) in [5.74, 6) is -1.86. The highest BCUT2D eigenvalue weighted by molar-refractivity contribution is 8.76. The Kier molecular flexibility index (Phi) is 13.8. The molecule has 0 radical (unpaired) electrons. The van der Waals surface area contributed by atoms with E-state index in [-0.39, 0.29) is 37.1 Å². The molecule has 2 atom stereocenters. The van der Waals surface area contributed by atoms with Gasteiger partial charge < -0.3 is 40.6 Å². The van der Waals surface area contributed by atoms with E-state index < -0.39 is 53.4 Å². The molecule has 0 fully saturated rings. The zero-order valence-electron chi connectivity index (χ0n) is 27.9. The van der Waals surface area contributed by atoms with Crippen LogP contribution >= 0.6 is 21.6 Å². The molecule has 0 unspecified atom stereocenters. The average molecular weight is 705 g/mol. The van der Waals surface area contributed by atoms with Gasteiger partial charge in [0.15, 0.2) is 0 Å². The number of rotatable bonds is 14. The van der Waals surface area contributed by atoms with E-state index in [0.717, 1.165) is 43.8 Å². The van der Waals surface area contributed by atoms with E-state index in [0.29, 0.717) is 0 Å². The van der Waals surface area contributed by atoms with Gasteiger partial charge in [0.25, 0.3) is 0 Å². The summed E-state index contributed by atoms with van der Waals surface area (Å²) in [6, 6.07) is 13.7. The Bertz CT molecular complexity index is 1410. The summed E-state index contributed by atoms with van der Waals surface area (Å²) >= 11 is 0. The number of nitrogens with one attached hydrogen (secondary N) is 4. The number of benzene rings is 2. The third-order valence-corrected chi connectivity index (χ3v) is 9.01. The molecule has 0 heterocycles. The van der Waals surface area contributed by atoms with Crippen molar-refractivity contribution in [3.8, 4) is 11.1 Å². The summed E-state index contributed by atoms with van der Waals surface area (Å²) in [4.78, 5) is 61.6. The third kappa shape index (κ3) is 12.5. The lowest BCUT2D eigenvalue weighted by molar-refractivity contribution is -0.138. The molecule has 5 N–H and O–H groups in total. The molecule has 15 heteroatoms. The van der Waals surface area contributed by atoms with Gasteiger partial charge in [-0.1, -0.05) is 70.1 Å². The third-order valence-electron chi connectivity index (χ3n) is 6.59. The van der Waals surface area contributed by atoms with Crippen molar-refractivity contribution in [3.63, 3.8) is 0 Å². The second-order valence-electron chi connectivity index (χ2n) is 12.8. The van der Waals surface area contributed by atoms with Crippen molar-refractivity contribution in [2.75, 3.05) is 31.2 Å². The number of alkyl carbamates (subject to hydrolysis) is 3. The maximum Gasteiger partial charge on any atom is 0.408 e. The molecule has 262 valence electrons. The first-order valence-electron chi connectivity index (χ1n) is 15.4. The molecule has 0 spiro atoms. The summed E-state index contributed by atoms with van der Waals surface area (Å²) in [5, 5.41) is 19.6. The highest BCUT2D eigenvalue weighted by atomic mass is 33.1. The van der Waals surface area contributed by atoms with Gasteiger partial charge in [-0.05, 0) is 63.8 Å². The molecule has 2 aromatic carbocycles. The van der Waals surface area contributed by atoms with E-state index >= 15 is 0 Å². The van der Waals surface area contributed by atoms with E-state index in [1.165, 1.54) is 0 Å². The smallest absolute Gasteiger partial charge is 0.408 e. The highest BCUT2D eigenvalue weighted by Gasteiger charge is 2.30. The monoisotopic (exact) mass is 704 g/mol. The largest absolute Gasteiger partial charge is 0.480 e. The number of ether oxygens (including phenoxy) is 3. The fourth-order valence-corrected chi connectivity index (χ4v) is 6.93. The van der Waals surface area contributed by atoms with Crippen molar-refractivity contribution >= 4 is 51.7 Å². The molecule has 1 aliphatic rings. The molecule has 48 heavy (non-hydrogen) atoms. The lowest BCUT2D eigenvalue weighted by Gasteiger charge is -2.23.